The van der Waals surface area contributed by atoms with Gasteiger partial charge in [0.15, 0.2) is 0 Å². The van der Waals surface area contributed by atoms with Crippen molar-refractivity contribution in [3.8, 4) is 0 Å². The Morgan fingerprint density at radius 1 is 1.57 bits per heavy atom. The van der Waals surface area contributed by atoms with Crippen molar-refractivity contribution in [3.63, 3.8) is 0 Å². The fourth-order valence-electron chi connectivity index (χ4n) is 2.33. The minimum atomic E-state index is 0.386. The molecule has 78 valence electrons. The van der Waals surface area contributed by atoms with Crippen LogP contribution in [0.15, 0.2) is 6.20 Å². The summed E-state index contributed by atoms with van der Waals surface area (Å²) in [6.07, 6.45) is 5.42. The number of aryl methyl sites for hydroxylation is 1. The molecule has 3 unspecified atom stereocenters. The van der Waals surface area contributed by atoms with E-state index in [1.807, 2.05) is 13.2 Å². The second-order valence-electron chi connectivity index (χ2n) is 4.45. The highest BCUT2D eigenvalue weighted by atomic mass is 15.4. The quantitative estimate of drug-likeness (QED) is 0.755. The van der Waals surface area contributed by atoms with Gasteiger partial charge in [-0.25, -0.2) is 0 Å². The molecule has 0 aromatic carbocycles. The summed E-state index contributed by atoms with van der Waals surface area (Å²) in [6.45, 7) is 2.25. The fraction of sp³-hybridized carbons (Fsp3) is 0.800. The van der Waals surface area contributed by atoms with Gasteiger partial charge in [0.05, 0.1) is 5.69 Å². The van der Waals surface area contributed by atoms with Crippen LogP contribution in [0.25, 0.3) is 0 Å². The summed E-state index contributed by atoms with van der Waals surface area (Å²) in [5.41, 5.74) is 7.08. The lowest BCUT2D eigenvalue weighted by atomic mass is 9.92. The van der Waals surface area contributed by atoms with Crippen LogP contribution < -0.4 is 5.73 Å². The Hall–Kier alpha value is -0.900. The van der Waals surface area contributed by atoms with E-state index in [2.05, 4.69) is 17.2 Å². The van der Waals surface area contributed by atoms with E-state index in [0.29, 0.717) is 17.9 Å². The van der Waals surface area contributed by atoms with Crippen LogP contribution in [0.5, 0.6) is 0 Å². The van der Waals surface area contributed by atoms with E-state index >= 15 is 0 Å². The Kier molecular flexibility index (Phi) is 2.54. The van der Waals surface area contributed by atoms with E-state index in [9.17, 15) is 0 Å². The van der Waals surface area contributed by atoms with Gasteiger partial charge in [-0.3, -0.25) is 4.68 Å². The van der Waals surface area contributed by atoms with E-state index in [-0.39, 0.29) is 0 Å². The Balaban J connectivity index is 1.98. The van der Waals surface area contributed by atoms with Crippen LogP contribution >= 0.6 is 0 Å². The monoisotopic (exact) mass is 194 g/mol. The Morgan fingerprint density at radius 2 is 2.36 bits per heavy atom. The highest BCUT2D eigenvalue weighted by Gasteiger charge is 2.30. The molecule has 0 amide bonds. The number of rotatable bonds is 2. The van der Waals surface area contributed by atoms with Gasteiger partial charge >= 0.3 is 0 Å². The number of hydrogen-bond acceptors (Lipinski definition) is 3. The van der Waals surface area contributed by atoms with Crippen LogP contribution in [0.4, 0.5) is 0 Å². The van der Waals surface area contributed by atoms with Crippen LogP contribution in [0, 0.1) is 11.8 Å². The molecule has 1 aliphatic carbocycles. The van der Waals surface area contributed by atoms with Crippen molar-refractivity contribution in [1.82, 2.24) is 15.0 Å². The van der Waals surface area contributed by atoms with Gasteiger partial charge in [0, 0.05) is 19.3 Å². The minimum absolute atomic E-state index is 0.386. The number of nitrogens with zero attached hydrogens (tertiary/aromatic N) is 3. The topological polar surface area (TPSA) is 56.7 Å². The molecule has 2 rings (SSSR count). The third-order valence-corrected chi connectivity index (χ3v) is 3.41. The minimum Gasteiger partial charge on any atom is -0.327 e. The van der Waals surface area contributed by atoms with Gasteiger partial charge in [-0.15, -0.1) is 5.10 Å². The predicted molar refractivity (Wildman–Crippen MR) is 54.6 cm³/mol. The highest BCUT2D eigenvalue weighted by Crippen LogP contribution is 2.32. The van der Waals surface area contributed by atoms with Crippen molar-refractivity contribution >= 4 is 0 Å². The van der Waals surface area contributed by atoms with Crippen LogP contribution in [0.3, 0.4) is 0 Å². The molecule has 0 spiro atoms. The van der Waals surface area contributed by atoms with Gasteiger partial charge < -0.3 is 5.73 Å². The SMILES string of the molecule is CC1C(N)CCC1Cc1cn(C)nn1. The average molecular weight is 194 g/mol. The smallest absolute Gasteiger partial charge is 0.0829 e. The largest absolute Gasteiger partial charge is 0.327 e. The Bertz CT molecular complexity index is 307. The summed E-state index contributed by atoms with van der Waals surface area (Å²) in [4.78, 5) is 0. The van der Waals surface area contributed by atoms with E-state index in [1.54, 1.807) is 4.68 Å². The zero-order valence-electron chi connectivity index (χ0n) is 8.85. The van der Waals surface area contributed by atoms with Crippen molar-refractivity contribution in [2.45, 2.75) is 32.2 Å². The molecule has 0 bridgehead atoms. The molecule has 4 nitrogen and oxygen atoms in total. The van der Waals surface area contributed by atoms with Gasteiger partial charge in [-0.1, -0.05) is 12.1 Å². The lowest BCUT2D eigenvalue weighted by Crippen LogP contribution is -2.25. The number of hydrogen-bond donors (Lipinski definition) is 1. The Labute approximate surface area is 84.5 Å². The molecule has 14 heavy (non-hydrogen) atoms. The normalized spacial score (nSPS) is 32.4. The standard InChI is InChI=1S/C10H18N4/c1-7-8(3-4-10(7)11)5-9-6-14(2)13-12-9/h6-8,10H,3-5,11H2,1-2H3. The van der Waals surface area contributed by atoms with E-state index < -0.39 is 0 Å². The molecule has 0 aliphatic heterocycles. The molecule has 1 saturated carbocycles. The van der Waals surface area contributed by atoms with E-state index in [1.165, 1.54) is 6.42 Å². The first-order chi connectivity index (χ1) is 6.66. The maximum atomic E-state index is 5.99. The molecule has 0 radical (unpaired) electrons. The van der Waals surface area contributed by atoms with Crippen molar-refractivity contribution in [2.24, 2.45) is 24.6 Å². The van der Waals surface area contributed by atoms with Crippen molar-refractivity contribution in [3.05, 3.63) is 11.9 Å². The van der Waals surface area contributed by atoms with Gasteiger partial charge in [0.2, 0.25) is 0 Å². The second-order valence-corrected chi connectivity index (χ2v) is 4.45. The molecule has 1 fully saturated rings. The molecule has 4 heteroatoms. The molecular formula is C10H18N4. The first-order valence-corrected chi connectivity index (χ1v) is 5.27. The van der Waals surface area contributed by atoms with Gasteiger partial charge in [-0.05, 0) is 31.1 Å². The average Bonchev–Trinajstić information content (AvgIpc) is 2.67. The molecular weight excluding hydrogens is 176 g/mol. The summed E-state index contributed by atoms with van der Waals surface area (Å²) in [6, 6.07) is 0.386. The first-order valence-electron chi connectivity index (χ1n) is 5.27. The van der Waals surface area contributed by atoms with Crippen molar-refractivity contribution in [2.75, 3.05) is 0 Å². The number of nitrogens with two attached hydrogens (primary N) is 1. The second kappa shape index (κ2) is 3.69. The summed E-state index contributed by atoms with van der Waals surface area (Å²) >= 11 is 0. The van der Waals surface area contributed by atoms with Crippen LogP contribution in [0.2, 0.25) is 0 Å². The molecule has 1 aromatic heterocycles. The lowest BCUT2D eigenvalue weighted by Gasteiger charge is -2.16. The van der Waals surface area contributed by atoms with Crippen LogP contribution in [-0.4, -0.2) is 21.0 Å². The van der Waals surface area contributed by atoms with E-state index in [0.717, 1.165) is 18.5 Å². The zero-order valence-corrected chi connectivity index (χ0v) is 8.85. The third-order valence-electron chi connectivity index (χ3n) is 3.41. The molecule has 1 heterocycles. The fourth-order valence-corrected chi connectivity index (χ4v) is 2.33. The maximum absolute atomic E-state index is 5.99. The molecule has 0 saturated heterocycles. The maximum Gasteiger partial charge on any atom is 0.0829 e. The van der Waals surface area contributed by atoms with Crippen molar-refractivity contribution < 1.29 is 0 Å². The Morgan fingerprint density at radius 3 is 2.86 bits per heavy atom. The van der Waals surface area contributed by atoms with Crippen LogP contribution in [0.1, 0.15) is 25.5 Å². The van der Waals surface area contributed by atoms with Gasteiger partial charge in [0.1, 0.15) is 0 Å². The summed E-state index contributed by atoms with van der Waals surface area (Å²) in [7, 11) is 1.90. The van der Waals surface area contributed by atoms with Crippen molar-refractivity contribution in [1.29, 1.82) is 0 Å². The number of aromatic nitrogens is 3. The summed E-state index contributed by atoms with van der Waals surface area (Å²) in [5, 5.41) is 8.05. The van der Waals surface area contributed by atoms with Crippen LogP contribution in [-0.2, 0) is 13.5 Å². The first kappa shape index (κ1) is 9.65. The third kappa shape index (κ3) is 1.80. The van der Waals surface area contributed by atoms with Gasteiger partial charge in [0.25, 0.3) is 0 Å². The zero-order chi connectivity index (χ0) is 10.1. The summed E-state index contributed by atoms with van der Waals surface area (Å²) < 4.78 is 1.76. The molecule has 2 N–H and O–H groups in total. The highest BCUT2D eigenvalue weighted by molar-refractivity contribution is 4.97. The van der Waals surface area contributed by atoms with E-state index in [4.69, 9.17) is 5.73 Å². The molecule has 1 aliphatic rings. The molecule has 3 atom stereocenters. The lowest BCUT2D eigenvalue weighted by molar-refractivity contribution is 0.387. The summed E-state index contributed by atoms with van der Waals surface area (Å²) in [5.74, 6) is 1.32. The predicted octanol–water partition coefficient (Wildman–Crippen LogP) is 0.731. The molecule has 1 aromatic rings. The van der Waals surface area contributed by atoms with Gasteiger partial charge in [-0.2, -0.15) is 0 Å².